The van der Waals surface area contributed by atoms with E-state index in [0.29, 0.717) is 17.9 Å². The van der Waals surface area contributed by atoms with Gasteiger partial charge in [0.2, 0.25) is 0 Å². The van der Waals surface area contributed by atoms with E-state index < -0.39 is 4.92 Å². The first-order valence-corrected chi connectivity index (χ1v) is 7.26. The molecule has 0 spiro atoms. The van der Waals surface area contributed by atoms with E-state index >= 15 is 0 Å². The largest absolute Gasteiger partial charge is 0.337 e. The predicted octanol–water partition coefficient (Wildman–Crippen LogP) is 2.45. The van der Waals surface area contributed by atoms with E-state index in [2.05, 4.69) is 15.2 Å². The van der Waals surface area contributed by atoms with Crippen molar-refractivity contribution >= 4 is 5.69 Å². The number of para-hydroxylation sites is 1. The number of imidazole rings is 1. The maximum Gasteiger partial charge on any atom is 0.280 e. The standard InChI is InChI=1S/C15H16N6O2/c1-12-17-18-15(13-5-2-3-6-14(13)21(22)23)20(12)9-4-8-19-10-7-16-11-19/h2-3,5-7,10-11H,4,8-9H2,1H3. The summed E-state index contributed by atoms with van der Waals surface area (Å²) in [6, 6.07) is 6.60. The van der Waals surface area contributed by atoms with Crippen LogP contribution in [0.5, 0.6) is 0 Å². The quantitative estimate of drug-likeness (QED) is 0.515. The molecule has 0 saturated carbocycles. The Morgan fingerprint density at radius 1 is 1.22 bits per heavy atom. The minimum atomic E-state index is -0.394. The van der Waals surface area contributed by atoms with Crippen LogP contribution in [0.2, 0.25) is 0 Å². The summed E-state index contributed by atoms with van der Waals surface area (Å²) in [5, 5.41) is 19.4. The normalized spacial score (nSPS) is 10.8. The lowest BCUT2D eigenvalue weighted by molar-refractivity contribution is -0.384. The van der Waals surface area contributed by atoms with Crippen molar-refractivity contribution in [2.24, 2.45) is 0 Å². The lowest BCUT2D eigenvalue weighted by Crippen LogP contribution is -2.07. The van der Waals surface area contributed by atoms with Crippen LogP contribution in [0.3, 0.4) is 0 Å². The van der Waals surface area contributed by atoms with Crippen LogP contribution in [0.1, 0.15) is 12.2 Å². The van der Waals surface area contributed by atoms with E-state index in [4.69, 9.17) is 0 Å². The van der Waals surface area contributed by atoms with Crippen molar-refractivity contribution in [3.05, 3.63) is 58.9 Å². The van der Waals surface area contributed by atoms with Gasteiger partial charge in [0.15, 0.2) is 5.82 Å². The van der Waals surface area contributed by atoms with E-state index in [9.17, 15) is 10.1 Å². The van der Waals surface area contributed by atoms with Gasteiger partial charge in [-0.15, -0.1) is 10.2 Å². The summed E-state index contributed by atoms with van der Waals surface area (Å²) in [6.45, 7) is 3.34. The number of benzene rings is 1. The van der Waals surface area contributed by atoms with Crippen LogP contribution < -0.4 is 0 Å². The third-order valence-electron chi connectivity index (χ3n) is 3.63. The fraction of sp³-hybridized carbons (Fsp3) is 0.267. The molecule has 1 aromatic carbocycles. The van der Waals surface area contributed by atoms with Crippen LogP contribution >= 0.6 is 0 Å². The number of nitrogens with zero attached hydrogens (tertiary/aromatic N) is 6. The number of nitro benzene ring substituents is 1. The van der Waals surface area contributed by atoms with Gasteiger partial charge in [0.1, 0.15) is 5.82 Å². The number of aryl methyl sites for hydroxylation is 2. The number of rotatable bonds is 6. The molecule has 8 nitrogen and oxygen atoms in total. The van der Waals surface area contributed by atoms with E-state index in [1.807, 2.05) is 22.3 Å². The van der Waals surface area contributed by atoms with Crippen molar-refractivity contribution in [3.8, 4) is 11.4 Å². The Kier molecular flexibility index (Phi) is 4.13. The molecule has 0 radical (unpaired) electrons. The van der Waals surface area contributed by atoms with Gasteiger partial charge in [-0.3, -0.25) is 10.1 Å². The number of aromatic nitrogens is 5. The lowest BCUT2D eigenvalue weighted by Gasteiger charge is -2.09. The molecular weight excluding hydrogens is 296 g/mol. The van der Waals surface area contributed by atoms with Crippen LogP contribution in [-0.2, 0) is 13.1 Å². The molecule has 0 unspecified atom stereocenters. The summed E-state index contributed by atoms with van der Waals surface area (Å²) < 4.78 is 3.91. The summed E-state index contributed by atoms with van der Waals surface area (Å²) in [5.41, 5.74) is 0.525. The smallest absolute Gasteiger partial charge is 0.280 e. The first-order chi connectivity index (χ1) is 11.2. The third kappa shape index (κ3) is 3.10. The number of hydrogen-bond donors (Lipinski definition) is 0. The maximum absolute atomic E-state index is 11.2. The average Bonchev–Trinajstić information content (AvgIpc) is 3.18. The molecule has 2 aromatic heterocycles. The van der Waals surface area contributed by atoms with Crippen molar-refractivity contribution in [2.75, 3.05) is 0 Å². The molecule has 0 atom stereocenters. The second kappa shape index (κ2) is 6.39. The Labute approximate surface area is 132 Å². The van der Waals surface area contributed by atoms with E-state index in [1.165, 1.54) is 6.07 Å². The molecule has 3 aromatic rings. The minimum absolute atomic E-state index is 0.0377. The van der Waals surface area contributed by atoms with Crippen LogP contribution in [0.25, 0.3) is 11.4 Å². The monoisotopic (exact) mass is 312 g/mol. The summed E-state index contributed by atoms with van der Waals surface area (Å²) in [5.74, 6) is 1.27. The molecule has 8 heteroatoms. The van der Waals surface area contributed by atoms with E-state index in [0.717, 1.165) is 18.8 Å². The fourth-order valence-corrected chi connectivity index (χ4v) is 2.50. The molecule has 3 rings (SSSR count). The SMILES string of the molecule is Cc1nnc(-c2ccccc2[N+](=O)[O-])n1CCCn1ccnc1. The Balaban J connectivity index is 1.85. The van der Waals surface area contributed by atoms with Crippen molar-refractivity contribution in [2.45, 2.75) is 26.4 Å². The number of hydrogen-bond acceptors (Lipinski definition) is 5. The Bertz CT molecular complexity index is 809. The molecule has 0 amide bonds. The molecular formula is C15H16N6O2. The van der Waals surface area contributed by atoms with Gasteiger partial charge < -0.3 is 9.13 Å². The van der Waals surface area contributed by atoms with Gasteiger partial charge in [0.25, 0.3) is 5.69 Å². The van der Waals surface area contributed by atoms with Crippen molar-refractivity contribution in [1.82, 2.24) is 24.3 Å². The van der Waals surface area contributed by atoms with E-state index in [1.54, 1.807) is 30.7 Å². The number of nitro groups is 1. The Hall–Kier alpha value is -3.03. The molecule has 0 aliphatic rings. The second-order valence-electron chi connectivity index (χ2n) is 5.15. The van der Waals surface area contributed by atoms with Gasteiger partial charge in [0.05, 0.1) is 16.8 Å². The zero-order valence-electron chi connectivity index (χ0n) is 12.7. The van der Waals surface area contributed by atoms with Gasteiger partial charge in [-0.1, -0.05) is 12.1 Å². The van der Waals surface area contributed by atoms with Gasteiger partial charge in [-0.25, -0.2) is 4.98 Å². The van der Waals surface area contributed by atoms with Gasteiger partial charge in [0, 0.05) is 31.5 Å². The second-order valence-corrected chi connectivity index (χ2v) is 5.15. The fourth-order valence-electron chi connectivity index (χ4n) is 2.50. The average molecular weight is 312 g/mol. The Morgan fingerprint density at radius 3 is 2.78 bits per heavy atom. The van der Waals surface area contributed by atoms with Crippen molar-refractivity contribution < 1.29 is 4.92 Å². The molecule has 23 heavy (non-hydrogen) atoms. The highest BCUT2D eigenvalue weighted by atomic mass is 16.6. The summed E-state index contributed by atoms with van der Waals surface area (Å²) in [6.07, 6.45) is 6.26. The van der Waals surface area contributed by atoms with E-state index in [-0.39, 0.29) is 5.69 Å². The minimum Gasteiger partial charge on any atom is -0.337 e. The first kappa shape index (κ1) is 14.9. The maximum atomic E-state index is 11.2. The lowest BCUT2D eigenvalue weighted by atomic mass is 10.1. The molecule has 0 aliphatic carbocycles. The molecule has 0 saturated heterocycles. The summed E-state index contributed by atoms with van der Waals surface area (Å²) in [7, 11) is 0. The predicted molar refractivity (Wildman–Crippen MR) is 83.7 cm³/mol. The molecule has 0 fully saturated rings. The highest BCUT2D eigenvalue weighted by molar-refractivity contribution is 5.68. The Morgan fingerprint density at radius 2 is 2.04 bits per heavy atom. The zero-order chi connectivity index (χ0) is 16.2. The van der Waals surface area contributed by atoms with Crippen molar-refractivity contribution in [3.63, 3.8) is 0 Å². The van der Waals surface area contributed by atoms with Crippen LogP contribution in [0, 0.1) is 17.0 Å². The van der Waals surface area contributed by atoms with Crippen LogP contribution in [0.15, 0.2) is 43.0 Å². The molecule has 118 valence electrons. The molecule has 0 N–H and O–H groups in total. The molecule has 0 aliphatic heterocycles. The highest BCUT2D eigenvalue weighted by Gasteiger charge is 2.20. The van der Waals surface area contributed by atoms with Gasteiger partial charge in [-0.2, -0.15) is 0 Å². The first-order valence-electron chi connectivity index (χ1n) is 7.26. The molecule has 0 bridgehead atoms. The van der Waals surface area contributed by atoms with Crippen molar-refractivity contribution in [1.29, 1.82) is 0 Å². The highest BCUT2D eigenvalue weighted by Crippen LogP contribution is 2.28. The third-order valence-corrected chi connectivity index (χ3v) is 3.63. The zero-order valence-corrected chi connectivity index (χ0v) is 12.7. The topological polar surface area (TPSA) is 91.7 Å². The molecule has 2 heterocycles. The summed E-state index contributed by atoms with van der Waals surface area (Å²) >= 11 is 0. The van der Waals surface area contributed by atoms with Gasteiger partial charge in [-0.05, 0) is 19.4 Å². The van der Waals surface area contributed by atoms with Crippen LogP contribution in [-0.4, -0.2) is 29.2 Å². The van der Waals surface area contributed by atoms with Crippen LogP contribution in [0.4, 0.5) is 5.69 Å². The van der Waals surface area contributed by atoms with Gasteiger partial charge >= 0.3 is 0 Å². The summed E-state index contributed by atoms with van der Waals surface area (Å²) in [4.78, 5) is 14.8.